The van der Waals surface area contributed by atoms with Crippen LogP contribution in [0, 0.1) is 0 Å². The van der Waals surface area contributed by atoms with E-state index in [2.05, 4.69) is 13.5 Å². The first kappa shape index (κ1) is 24.9. The first-order chi connectivity index (χ1) is 13.6. The molecule has 0 fully saturated rings. The minimum Gasteiger partial charge on any atom is -0.266 e. The molecule has 0 aliphatic carbocycles. The van der Waals surface area contributed by atoms with Crippen molar-refractivity contribution < 1.29 is 12.6 Å². The van der Waals surface area contributed by atoms with Gasteiger partial charge in [-0.05, 0) is 24.1 Å². The van der Waals surface area contributed by atoms with E-state index in [4.69, 9.17) is 4.18 Å². The molecule has 1 rings (SSSR count). The van der Waals surface area contributed by atoms with E-state index in [0.717, 1.165) is 24.8 Å². The molecule has 1 aromatic carbocycles. The van der Waals surface area contributed by atoms with Crippen LogP contribution in [0.5, 0.6) is 0 Å². The number of hydrogen-bond acceptors (Lipinski definition) is 3. The maximum atomic E-state index is 12.1. The average Bonchev–Trinajstić information content (AvgIpc) is 2.71. The smallest absolute Gasteiger partial charge is 0.266 e. The van der Waals surface area contributed by atoms with Crippen molar-refractivity contribution in [3.05, 3.63) is 36.4 Å². The van der Waals surface area contributed by atoms with Crippen molar-refractivity contribution >= 4 is 16.2 Å². The maximum absolute atomic E-state index is 12.1. The minimum absolute atomic E-state index is 0.212. The molecule has 0 radical (unpaired) electrons. The van der Waals surface area contributed by atoms with Gasteiger partial charge < -0.3 is 0 Å². The third kappa shape index (κ3) is 11.7. The van der Waals surface area contributed by atoms with Crippen molar-refractivity contribution in [1.82, 2.24) is 0 Å². The molecular weight excluding hydrogens is 368 g/mol. The third-order valence-corrected chi connectivity index (χ3v) is 6.47. The van der Waals surface area contributed by atoms with Crippen LogP contribution in [-0.2, 0) is 14.3 Å². The number of unbranched alkanes of at least 4 members (excludes halogenated alkanes) is 13. The Balaban J connectivity index is 1.95. The van der Waals surface area contributed by atoms with Gasteiger partial charge in [-0.25, -0.2) is 0 Å². The van der Waals surface area contributed by atoms with Crippen molar-refractivity contribution in [3.8, 4) is 0 Å². The molecule has 0 heterocycles. The highest BCUT2D eigenvalue weighted by molar-refractivity contribution is 7.86. The van der Waals surface area contributed by atoms with Gasteiger partial charge in [0.15, 0.2) is 0 Å². The Hall–Kier alpha value is -1.13. The third-order valence-electron chi connectivity index (χ3n) is 5.14. The van der Waals surface area contributed by atoms with Gasteiger partial charge >= 0.3 is 0 Å². The predicted molar refractivity (Wildman–Crippen MR) is 120 cm³/mol. The zero-order chi connectivity index (χ0) is 20.5. The summed E-state index contributed by atoms with van der Waals surface area (Å²) >= 11 is 0. The van der Waals surface area contributed by atoms with Crippen molar-refractivity contribution in [2.24, 2.45) is 0 Å². The lowest BCUT2D eigenvalue weighted by molar-refractivity contribution is 0.306. The Morgan fingerprint density at radius 2 is 1.18 bits per heavy atom. The van der Waals surface area contributed by atoms with E-state index in [9.17, 15) is 8.42 Å². The molecule has 3 nitrogen and oxygen atoms in total. The molecule has 0 saturated heterocycles. The Morgan fingerprint density at radius 3 is 1.61 bits per heavy atom. The molecule has 1 aromatic rings. The fourth-order valence-electron chi connectivity index (χ4n) is 3.30. The van der Waals surface area contributed by atoms with Gasteiger partial charge in [-0.1, -0.05) is 115 Å². The second kappa shape index (κ2) is 15.8. The van der Waals surface area contributed by atoms with Crippen LogP contribution < -0.4 is 0 Å². The van der Waals surface area contributed by atoms with Gasteiger partial charge in [0.25, 0.3) is 10.1 Å². The lowest BCUT2D eigenvalue weighted by atomic mass is 10.0. The van der Waals surface area contributed by atoms with E-state index >= 15 is 0 Å². The topological polar surface area (TPSA) is 43.4 Å². The van der Waals surface area contributed by atoms with E-state index < -0.39 is 10.1 Å². The van der Waals surface area contributed by atoms with E-state index in [0.29, 0.717) is 0 Å². The fourth-order valence-corrected chi connectivity index (χ4v) is 4.25. The molecule has 0 saturated carbocycles. The monoisotopic (exact) mass is 408 g/mol. The summed E-state index contributed by atoms with van der Waals surface area (Å²) in [5.41, 5.74) is 0.894. The van der Waals surface area contributed by atoms with Gasteiger partial charge in [0.2, 0.25) is 0 Å². The largest absolute Gasteiger partial charge is 0.296 e. The second-order valence-electron chi connectivity index (χ2n) is 7.65. The lowest BCUT2D eigenvalue weighted by Crippen LogP contribution is -2.07. The quantitative estimate of drug-likeness (QED) is 0.186. The number of hydrogen-bond donors (Lipinski definition) is 0. The van der Waals surface area contributed by atoms with Crippen LogP contribution in [0.3, 0.4) is 0 Å². The summed E-state index contributed by atoms with van der Waals surface area (Å²) in [4.78, 5) is 0.212. The minimum atomic E-state index is -3.64. The summed E-state index contributed by atoms with van der Waals surface area (Å²) in [7, 11) is -3.64. The lowest BCUT2D eigenvalue weighted by Gasteiger charge is -2.06. The van der Waals surface area contributed by atoms with Crippen LogP contribution in [0.15, 0.2) is 35.7 Å². The molecular formula is C24H40O3S. The molecule has 160 valence electrons. The zero-order valence-electron chi connectivity index (χ0n) is 17.8. The summed E-state index contributed by atoms with van der Waals surface area (Å²) < 4.78 is 29.4. The highest BCUT2D eigenvalue weighted by Crippen LogP contribution is 2.16. The van der Waals surface area contributed by atoms with Crippen LogP contribution in [0.2, 0.25) is 0 Å². The van der Waals surface area contributed by atoms with Crippen molar-refractivity contribution in [2.45, 2.75) is 102 Å². The van der Waals surface area contributed by atoms with E-state index in [1.807, 2.05) is 0 Å². The van der Waals surface area contributed by atoms with Crippen LogP contribution in [-0.4, -0.2) is 15.0 Å². The molecule has 0 bridgehead atoms. The number of benzene rings is 1. The van der Waals surface area contributed by atoms with Gasteiger partial charge in [0.1, 0.15) is 0 Å². The Morgan fingerprint density at radius 1 is 0.750 bits per heavy atom. The molecule has 0 aliphatic rings. The SMILES string of the molecule is C=Cc1ccc(S(=O)(=O)OCCCCCCCCCCCCCCCC)cc1. The van der Waals surface area contributed by atoms with Gasteiger partial charge in [0, 0.05) is 0 Å². The average molecular weight is 409 g/mol. The summed E-state index contributed by atoms with van der Waals surface area (Å²) in [6, 6.07) is 6.60. The highest BCUT2D eigenvalue weighted by Gasteiger charge is 2.14. The summed E-state index contributed by atoms with van der Waals surface area (Å²) in [5.74, 6) is 0. The molecule has 28 heavy (non-hydrogen) atoms. The normalized spacial score (nSPS) is 11.6. The van der Waals surface area contributed by atoms with Gasteiger partial charge in [0.05, 0.1) is 11.5 Å². The van der Waals surface area contributed by atoms with Crippen LogP contribution in [0.1, 0.15) is 102 Å². The van der Waals surface area contributed by atoms with Crippen molar-refractivity contribution in [1.29, 1.82) is 0 Å². The van der Waals surface area contributed by atoms with Crippen LogP contribution >= 0.6 is 0 Å². The van der Waals surface area contributed by atoms with Crippen molar-refractivity contribution in [2.75, 3.05) is 6.61 Å². The molecule has 4 heteroatoms. The molecule has 0 N–H and O–H groups in total. The van der Waals surface area contributed by atoms with E-state index in [1.165, 1.54) is 70.6 Å². The molecule has 0 spiro atoms. The summed E-state index contributed by atoms with van der Waals surface area (Å²) in [5, 5.41) is 0. The zero-order valence-corrected chi connectivity index (χ0v) is 18.6. The molecule has 0 atom stereocenters. The second-order valence-corrected chi connectivity index (χ2v) is 9.26. The van der Waals surface area contributed by atoms with E-state index in [1.54, 1.807) is 30.3 Å². The van der Waals surface area contributed by atoms with E-state index in [-0.39, 0.29) is 11.5 Å². The predicted octanol–water partition coefficient (Wildman–Crippen LogP) is 7.52. The Kier molecular flexibility index (Phi) is 14.0. The van der Waals surface area contributed by atoms with Crippen LogP contribution in [0.25, 0.3) is 6.08 Å². The molecule has 0 unspecified atom stereocenters. The Labute approximate surface area is 173 Å². The number of rotatable bonds is 18. The first-order valence-electron chi connectivity index (χ1n) is 11.2. The maximum Gasteiger partial charge on any atom is 0.296 e. The molecule has 0 aromatic heterocycles. The molecule has 0 aliphatic heterocycles. The summed E-state index contributed by atoms with van der Waals surface area (Å²) in [6.45, 7) is 6.19. The first-order valence-corrected chi connectivity index (χ1v) is 12.6. The Bertz CT molecular complexity index is 605. The summed E-state index contributed by atoms with van der Waals surface area (Å²) in [6.07, 6.45) is 19.6. The van der Waals surface area contributed by atoms with Gasteiger partial charge in [-0.15, -0.1) is 0 Å². The highest BCUT2D eigenvalue weighted by atomic mass is 32.2. The van der Waals surface area contributed by atoms with Gasteiger partial charge in [-0.3, -0.25) is 4.18 Å². The van der Waals surface area contributed by atoms with Crippen LogP contribution in [0.4, 0.5) is 0 Å². The van der Waals surface area contributed by atoms with Gasteiger partial charge in [-0.2, -0.15) is 8.42 Å². The standard InChI is InChI=1S/C24H40O3S/c1-3-5-6-7-8-9-10-11-12-13-14-15-16-17-22-27-28(25,26)24-20-18-23(4-2)19-21-24/h4,18-21H,2-3,5-17,22H2,1H3. The fraction of sp³-hybridized carbons (Fsp3) is 0.667. The van der Waals surface area contributed by atoms with Crippen molar-refractivity contribution in [3.63, 3.8) is 0 Å². The molecule has 0 amide bonds.